The molecule has 0 amide bonds. The zero-order valence-electron chi connectivity index (χ0n) is 16.9. The van der Waals surface area contributed by atoms with E-state index in [1.54, 1.807) is 37.3 Å². The minimum absolute atomic E-state index is 0.0194. The molecule has 1 aromatic heterocycles. The van der Waals surface area contributed by atoms with Crippen LogP contribution in [-0.4, -0.2) is 26.7 Å². The first kappa shape index (κ1) is 20.9. The Bertz CT molecular complexity index is 1110. The van der Waals surface area contributed by atoms with E-state index in [0.29, 0.717) is 39.2 Å². The Kier molecular flexibility index (Phi) is 5.46. The number of halogens is 1. The second kappa shape index (κ2) is 7.56. The summed E-state index contributed by atoms with van der Waals surface area (Å²) >= 11 is 6.05. The average Bonchev–Trinajstić information content (AvgIpc) is 2.89. The molecule has 0 fully saturated rings. The number of phenolic OH excluding ortho intramolecular Hbond substituents is 1. The number of aromatic nitrogens is 1. The molecule has 1 atom stereocenters. The third-order valence-electron chi connectivity index (χ3n) is 4.97. The third kappa shape index (κ3) is 4.15. The normalized spacial score (nSPS) is 12.9. The highest BCUT2D eigenvalue weighted by molar-refractivity contribution is 6.31. The lowest BCUT2D eigenvalue weighted by atomic mass is 9.80. The summed E-state index contributed by atoms with van der Waals surface area (Å²) in [6.45, 7) is 7.68. The van der Waals surface area contributed by atoms with Gasteiger partial charge in [-0.25, -0.2) is 0 Å². The molecule has 3 aromatic rings. The lowest BCUT2D eigenvalue weighted by molar-refractivity contribution is -0.139. The van der Waals surface area contributed by atoms with Crippen LogP contribution in [0, 0.1) is 12.3 Å². The van der Waals surface area contributed by atoms with Gasteiger partial charge in [0, 0.05) is 21.7 Å². The summed E-state index contributed by atoms with van der Waals surface area (Å²) in [5, 5.41) is 21.0. The van der Waals surface area contributed by atoms with Crippen molar-refractivity contribution in [1.82, 2.24) is 4.57 Å². The third-order valence-corrected chi connectivity index (χ3v) is 5.21. The number of benzene rings is 2. The van der Waals surface area contributed by atoms with Gasteiger partial charge < -0.3 is 10.2 Å². The molecule has 1 heterocycles. The van der Waals surface area contributed by atoms with E-state index in [2.05, 4.69) is 0 Å². The molecule has 0 aliphatic carbocycles. The molecule has 6 heteroatoms. The maximum absolute atomic E-state index is 13.3. The molecule has 0 aliphatic heterocycles. The SMILES string of the molecule is Cc1c(C(CC(C)(C)C)C(=O)O)c2cc(O)ccc2n1C(=O)c1cccc(Cl)c1. The number of aliphatic carboxylic acids is 1. The topological polar surface area (TPSA) is 79.5 Å². The van der Waals surface area contributed by atoms with Crippen molar-refractivity contribution in [3.8, 4) is 5.75 Å². The molecule has 0 radical (unpaired) electrons. The summed E-state index contributed by atoms with van der Waals surface area (Å²) in [7, 11) is 0. The molecule has 3 rings (SSSR count). The van der Waals surface area contributed by atoms with E-state index in [-0.39, 0.29) is 17.1 Å². The fourth-order valence-electron chi connectivity index (χ4n) is 3.81. The van der Waals surface area contributed by atoms with E-state index in [9.17, 15) is 19.8 Å². The van der Waals surface area contributed by atoms with Gasteiger partial charge in [0.2, 0.25) is 0 Å². The van der Waals surface area contributed by atoms with Crippen LogP contribution in [0.5, 0.6) is 5.75 Å². The number of hydrogen-bond acceptors (Lipinski definition) is 3. The molecule has 0 saturated heterocycles. The predicted octanol–water partition coefficient (Wildman–Crippen LogP) is 5.60. The predicted molar refractivity (Wildman–Crippen MR) is 114 cm³/mol. The van der Waals surface area contributed by atoms with Crippen molar-refractivity contribution < 1.29 is 19.8 Å². The van der Waals surface area contributed by atoms with Gasteiger partial charge in [0.05, 0.1) is 11.4 Å². The summed E-state index contributed by atoms with van der Waals surface area (Å²) in [5.74, 6) is -2.05. The highest BCUT2D eigenvalue weighted by Gasteiger charge is 2.32. The Morgan fingerprint density at radius 3 is 2.41 bits per heavy atom. The molecule has 5 nitrogen and oxygen atoms in total. The molecular weight excluding hydrogens is 390 g/mol. The van der Waals surface area contributed by atoms with Crippen LogP contribution in [0.3, 0.4) is 0 Å². The lowest BCUT2D eigenvalue weighted by Crippen LogP contribution is -2.20. The van der Waals surface area contributed by atoms with Crippen LogP contribution in [0.1, 0.15) is 54.7 Å². The van der Waals surface area contributed by atoms with Crippen molar-refractivity contribution in [3.63, 3.8) is 0 Å². The molecule has 2 N–H and O–H groups in total. The highest BCUT2D eigenvalue weighted by atomic mass is 35.5. The van der Waals surface area contributed by atoms with Gasteiger partial charge in [0.1, 0.15) is 5.75 Å². The molecule has 1 unspecified atom stereocenters. The van der Waals surface area contributed by atoms with Crippen molar-refractivity contribution in [3.05, 3.63) is 64.3 Å². The first-order valence-electron chi connectivity index (χ1n) is 9.36. The van der Waals surface area contributed by atoms with E-state index in [1.807, 2.05) is 20.8 Å². The average molecular weight is 414 g/mol. The van der Waals surface area contributed by atoms with Gasteiger partial charge in [0.25, 0.3) is 5.91 Å². The van der Waals surface area contributed by atoms with Gasteiger partial charge >= 0.3 is 5.97 Å². The number of aromatic hydroxyl groups is 1. The Morgan fingerprint density at radius 2 is 1.83 bits per heavy atom. The number of carbonyl (C=O) groups excluding carboxylic acids is 1. The quantitative estimate of drug-likeness (QED) is 0.583. The fourth-order valence-corrected chi connectivity index (χ4v) is 4.00. The van der Waals surface area contributed by atoms with Crippen molar-refractivity contribution in [2.24, 2.45) is 5.41 Å². The maximum Gasteiger partial charge on any atom is 0.311 e. The Hall–Kier alpha value is -2.79. The molecule has 0 aliphatic rings. The Labute approximate surface area is 174 Å². The Morgan fingerprint density at radius 1 is 1.14 bits per heavy atom. The standard InChI is InChI=1S/C23H24ClNO4/c1-13-20(18(22(28)29)12-23(2,3)4)17-11-16(26)8-9-19(17)25(13)21(27)14-6-5-7-15(24)10-14/h5-11,18,26H,12H2,1-4H3,(H,28,29). The number of carboxylic acid groups (broad SMARTS) is 1. The van der Waals surface area contributed by atoms with E-state index in [0.717, 1.165) is 0 Å². The monoisotopic (exact) mass is 413 g/mol. The van der Waals surface area contributed by atoms with Crippen LogP contribution < -0.4 is 0 Å². The number of nitrogens with zero attached hydrogens (tertiary/aromatic N) is 1. The number of phenols is 1. The van der Waals surface area contributed by atoms with Gasteiger partial charge in [-0.15, -0.1) is 0 Å². The molecule has 0 bridgehead atoms. The molecule has 0 spiro atoms. The molecule has 152 valence electrons. The molecule has 0 saturated carbocycles. The highest BCUT2D eigenvalue weighted by Crippen LogP contribution is 2.39. The van der Waals surface area contributed by atoms with Crippen LogP contribution in [0.25, 0.3) is 10.9 Å². The smallest absolute Gasteiger partial charge is 0.311 e. The van der Waals surface area contributed by atoms with Gasteiger partial charge in [0.15, 0.2) is 0 Å². The van der Waals surface area contributed by atoms with E-state index in [4.69, 9.17) is 11.6 Å². The summed E-state index contributed by atoms with van der Waals surface area (Å²) in [4.78, 5) is 25.5. The first-order valence-corrected chi connectivity index (χ1v) is 9.74. The van der Waals surface area contributed by atoms with Gasteiger partial charge in [-0.3, -0.25) is 14.2 Å². The fraction of sp³-hybridized carbons (Fsp3) is 0.304. The van der Waals surface area contributed by atoms with E-state index in [1.165, 1.54) is 16.7 Å². The van der Waals surface area contributed by atoms with Gasteiger partial charge in [-0.05, 0) is 60.7 Å². The van der Waals surface area contributed by atoms with Crippen LogP contribution in [0.2, 0.25) is 5.02 Å². The number of fused-ring (bicyclic) bond motifs is 1. The second-order valence-corrected chi connectivity index (χ2v) is 8.94. The summed E-state index contributed by atoms with van der Waals surface area (Å²) < 4.78 is 1.51. The first-order chi connectivity index (χ1) is 13.5. The minimum Gasteiger partial charge on any atom is -0.508 e. The Balaban J connectivity index is 2.29. The lowest BCUT2D eigenvalue weighted by Gasteiger charge is -2.24. The number of hydrogen-bond donors (Lipinski definition) is 2. The van der Waals surface area contributed by atoms with Crippen LogP contribution in [0.15, 0.2) is 42.5 Å². The zero-order chi connectivity index (χ0) is 21.5. The van der Waals surface area contributed by atoms with Gasteiger partial charge in [-0.1, -0.05) is 38.4 Å². The van der Waals surface area contributed by atoms with Crippen LogP contribution in [-0.2, 0) is 4.79 Å². The van der Waals surface area contributed by atoms with Crippen molar-refractivity contribution in [2.45, 2.75) is 40.0 Å². The number of carbonyl (C=O) groups is 2. The van der Waals surface area contributed by atoms with Crippen molar-refractivity contribution >= 4 is 34.4 Å². The van der Waals surface area contributed by atoms with E-state index < -0.39 is 11.9 Å². The number of carboxylic acids is 1. The van der Waals surface area contributed by atoms with Crippen LogP contribution >= 0.6 is 11.6 Å². The maximum atomic E-state index is 13.3. The van der Waals surface area contributed by atoms with E-state index >= 15 is 0 Å². The molecular formula is C23H24ClNO4. The molecule has 2 aromatic carbocycles. The van der Waals surface area contributed by atoms with Crippen molar-refractivity contribution in [1.29, 1.82) is 0 Å². The number of rotatable bonds is 4. The summed E-state index contributed by atoms with van der Waals surface area (Å²) in [6.07, 6.45) is 0.392. The second-order valence-electron chi connectivity index (χ2n) is 8.51. The summed E-state index contributed by atoms with van der Waals surface area (Å²) in [6, 6.07) is 11.3. The zero-order valence-corrected chi connectivity index (χ0v) is 17.6. The van der Waals surface area contributed by atoms with Crippen LogP contribution in [0.4, 0.5) is 0 Å². The van der Waals surface area contributed by atoms with Gasteiger partial charge in [-0.2, -0.15) is 0 Å². The van der Waals surface area contributed by atoms with Crippen molar-refractivity contribution in [2.75, 3.05) is 0 Å². The summed E-state index contributed by atoms with van der Waals surface area (Å²) in [5.41, 5.74) is 1.82. The minimum atomic E-state index is -0.958. The molecule has 29 heavy (non-hydrogen) atoms. The largest absolute Gasteiger partial charge is 0.508 e.